The zero-order valence-corrected chi connectivity index (χ0v) is 4.37. The van der Waals surface area contributed by atoms with E-state index in [1.54, 1.807) is 0 Å². The van der Waals surface area contributed by atoms with Crippen LogP contribution in [0.1, 0.15) is 0 Å². The van der Waals surface area contributed by atoms with Crippen molar-refractivity contribution in [3.63, 3.8) is 0 Å². The van der Waals surface area contributed by atoms with E-state index in [1.165, 1.54) is 0 Å². The average molecular weight is 101 g/mol. The topological polar surface area (TPSA) is 12.4 Å². The maximum atomic E-state index is 3.99. The lowest BCUT2D eigenvalue weighted by atomic mass is 10.9. The van der Waals surface area contributed by atoms with Crippen molar-refractivity contribution in [2.24, 2.45) is 4.99 Å². The second kappa shape index (κ2) is 1.56. The first-order valence-electron chi connectivity index (χ1n) is 1.85. The zero-order chi connectivity index (χ0) is 4.41. The highest BCUT2D eigenvalue weighted by atomic mass is 32.2. The number of nitrogens with zero attached hydrogens (tertiary/aromatic N) is 1. The van der Waals surface area contributed by atoms with Crippen molar-refractivity contribution in [2.45, 2.75) is 0 Å². The molecule has 0 amide bonds. The van der Waals surface area contributed by atoms with Crippen molar-refractivity contribution >= 4 is 22.6 Å². The minimum atomic E-state index is 0.355. The van der Waals surface area contributed by atoms with Gasteiger partial charge in [0.2, 0.25) is 0 Å². The summed E-state index contributed by atoms with van der Waals surface area (Å²) in [5, 5.41) is 0. The van der Waals surface area contributed by atoms with Crippen LogP contribution < -0.4 is 0 Å². The Labute approximate surface area is 40.0 Å². The number of hydrogen-bond donors (Lipinski definition) is 0. The van der Waals surface area contributed by atoms with E-state index < -0.39 is 0 Å². The molecule has 1 unspecified atom stereocenters. The SMILES string of the molecule is C=S1CC=NC1. The van der Waals surface area contributed by atoms with Gasteiger partial charge >= 0.3 is 0 Å². The standard InChI is InChI=1S/C4H7NS/c1-6-3-2-5-4-6/h2H,1,3-4H2. The van der Waals surface area contributed by atoms with E-state index in [-0.39, 0.29) is 0 Å². The highest BCUT2D eigenvalue weighted by Crippen LogP contribution is 2.11. The van der Waals surface area contributed by atoms with Gasteiger partial charge in [-0.1, -0.05) is 5.87 Å². The third-order valence-corrected chi connectivity index (χ3v) is 1.83. The summed E-state index contributed by atoms with van der Waals surface area (Å²) in [4.78, 5) is 3.99. The molecule has 0 aromatic carbocycles. The Hall–Kier alpha value is -0.110. The molecular formula is C4H7NS. The molecule has 1 nitrogen and oxygen atoms in total. The minimum absolute atomic E-state index is 0.355. The van der Waals surface area contributed by atoms with Crippen LogP contribution in [0.25, 0.3) is 0 Å². The fraction of sp³-hybridized carbons (Fsp3) is 0.500. The van der Waals surface area contributed by atoms with Gasteiger partial charge in [-0.05, 0) is 0 Å². The molecule has 1 aliphatic rings. The second-order valence-corrected chi connectivity index (χ2v) is 3.09. The Kier molecular flexibility index (Phi) is 1.05. The molecule has 34 valence electrons. The molecule has 0 aliphatic carbocycles. The summed E-state index contributed by atoms with van der Waals surface area (Å²) in [7, 11) is 0.355. The van der Waals surface area contributed by atoms with E-state index in [9.17, 15) is 0 Å². The molecule has 0 saturated heterocycles. The summed E-state index contributed by atoms with van der Waals surface area (Å²) in [6, 6.07) is 0. The molecule has 1 aliphatic heterocycles. The Morgan fingerprint density at radius 2 is 2.67 bits per heavy atom. The number of aliphatic imine (C=N–C) groups is 1. The van der Waals surface area contributed by atoms with E-state index in [0.717, 1.165) is 11.6 Å². The van der Waals surface area contributed by atoms with Gasteiger partial charge in [-0.25, -0.2) is 0 Å². The van der Waals surface area contributed by atoms with Gasteiger partial charge in [-0.2, -0.15) is 10.5 Å². The third-order valence-electron chi connectivity index (χ3n) is 0.696. The summed E-state index contributed by atoms with van der Waals surface area (Å²) in [5.41, 5.74) is 0. The number of hydrogen-bond acceptors (Lipinski definition) is 1. The van der Waals surface area contributed by atoms with Gasteiger partial charge in [0.05, 0.1) is 5.88 Å². The van der Waals surface area contributed by atoms with Gasteiger partial charge in [-0.3, -0.25) is 4.99 Å². The molecule has 1 rings (SSSR count). The highest BCUT2D eigenvalue weighted by molar-refractivity contribution is 8.14. The van der Waals surface area contributed by atoms with Crippen LogP contribution >= 0.6 is 10.5 Å². The molecule has 0 radical (unpaired) electrons. The average Bonchev–Trinajstić information content (AvgIpc) is 1.86. The molecule has 0 fully saturated rings. The number of rotatable bonds is 0. The van der Waals surface area contributed by atoms with E-state index in [0.29, 0.717) is 10.5 Å². The monoisotopic (exact) mass is 101 g/mol. The molecule has 0 bridgehead atoms. The van der Waals surface area contributed by atoms with E-state index >= 15 is 0 Å². The molecule has 0 aromatic heterocycles. The molecule has 1 heterocycles. The maximum Gasteiger partial charge on any atom is 0.0791 e. The van der Waals surface area contributed by atoms with E-state index in [2.05, 4.69) is 10.9 Å². The normalized spacial score (nSPS) is 31.7. The Morgan fingerprint density at radius 1 is 1.83 bits per heavy atom. The van der Waals surface area contributed by atoms with Crippen molar-refractivity contribution in [3.05, 3.63) is 0 Å². The first-order chi connectivity index (χ1) is 2.89. The molecule has 0 aromatic rings. The van der Waals surface area contributed by atoms with E-state index in [4.69, 9.17) is 0 Å². The van der Waals surface area contributed by atoms with Crippen LogP contribution in [0.4, 0.5) is 0 Å². The van der Waals surface area contributed by atoms with Crippen molar-refractivity contribution in [1.29, 1.82) is 0 Å². The Morgan fingerprint density at radius 3 is 2.83 bits per heavy atom. The first kappa shape index (κ1) is 4.06. The third kappa shape index (κ3) is 0.684. The van der Waals surface area contributed by atoms with Crippen molar-refractivity contribution in [1.82, 2.24) is 0 Å². The molecule has 6 heavy (non-hydrogen) atoms. The predicted octanol–water partition coefficient (Wildman–Crippen LogP) is 0.729. The van der Waals surface area contributed by atoms with Crippen LogP contribution in [0.5, 0.6) is 0 Å². The van der Waals surface area contributed by atoms with Crippen LogP contribution in [0.2, 0.25) is 0 Å². The van der Waals surface area contributed by atoms with Crippen molar-refractivity contribution < 1.29 is 0 Å². The molecule has 0 spiro atoms. The lowest BCUT2D eigenvalue weighted by molar-refractivity contribution is 1.42. The van der Waals surface area contributed by atoms with Crippen LogP contribution in [0, 0.1) is 0 Å². The lowest BCUT2D eigenvalue weighted by Crippen LogP contribution is -1.68. The van der Waals surface area contributed by atoms with Gasteiger partial charge in [0.15, 0.2) is 0 Å². The lowest BCUT2D eigenvalue weighted by Gasteiger charge is -1.83. The minimum Gasteiger partial charge on any atom is -0.286 e. The summed E-state index contributed by atoms with van der Waals surface area (Å²) < 4.78 is 0. The van der Waals surface area contributed by atoms with Gasteiger partial charge in [0.1, 0.15) is 0 Å². The molecule has 1 atom stereocenters. The molecule has 0 N–H and O–H groups in total. The van der Waals surface area contributed by atoms with Crippen LogP contribution in [0.15, 0.2) is 4.99 Å². The van der Waals surface area contributed by atoms with E-state index in [1.807, 2.05) is 6.21 Å². The van der Waals surface area contributed by atoms with Crippen LogP contribution in [0.3, 0.4) is 0 Å². The van der Waals surface area contributed by atoms with Crippen molar-refractivity contribution in [3.8, 4) is 0 Å². The first-order valence-corrected chi connectivity index (χ1v) is 3.58. The van der Waals surface area contributed by atoms with Gasteiger partial charge < -0.3 is 0 Å². The maximum absolute atomic E-state index is 3.99. The Bertz CT molecular complexity index is 85.7. The van der Waals surface area contributed by atoms with Gasteiger partial charge in [0, 0.05) is 12.0 Å². The fourth-order valence-corrected chi connectivity index (χ4v) is 1.11. The zero-order valence-electron chi connectivity index (χ0n) is 3.55. The van der Waals surface area contributed by atoms with Crippen molar-refractivity contribution in [2.75, 3.05) is 11.6 Å². The second-order valence-electron chi connectivity index (χ2n) is 1.27. The van der Waals surface area contributed by atoms with Crippen LogP contribution in [-0.2, 0) is 0 Å². The predicted molar refractivity (Wildman–Crippen MR) is 32.9 cm³/mol. The molecular weight excluding hydrogens is 94.1 g/mol. The summed E-state index contributed by atoms with van der Waals surface area (Å²) >= 11 is 0. The molecule has 0 saturated carbocycles. The van der Waals surface area contributed by atoms with Crippen LogP contribution in [-0.4, -0.2) is 23.7 Å². The summed E-state index contributed by atoms with van der Waals surface area (Å²) in [5.74, 6) is 5.92. The smallest absolute Gasteiger partial charge is 0.0791 e. The summed E-state index contributed by atoms with van der Waals surface area (Å²) in [6.07, 6.45) is 1.95. The summed E-state index contributed by atoms with van der Waals surface area (Å²) in [6.45, 7) is 0. The van der Waals surface area contributed by atoms with Gasteiger partial charge in [0.25, 0.3) is 0 Å². The quantitative estimate of drug-likeness (QED) is 0.399. The van der Waals surface area contributed by atoms with Gasteiger partial charge in [-0.15, -0.1) is 0 Å². The molecule has 2 heteroatoms. The highest BCUT2D eigenvalue weighted by Gasteiger charge is 1.91. The Balaban J connectivity index is 2.52. The largest absolute Gasteiger partial charge is 0.286 e. The fourth-order valence-electron chi connectivity index (χ4n) is 0.369.